The van der Waals surface area contributed by atoms with Crippen LogP contribution < -0.4 is 5.32 Å². The standard InChI is InChI=1S/C18H26N4O4S/c23-17(20-14-5-6-14)13-4-3-9-22(12-13)27(25,26)15-10-16(19-11-15)18(24)21-7-1-2-8-21/h10-11,13-14,19H,1-9,12H2,(H,20,23)/t13-/m1/s1. The molecule has 3 fully saturated rings. The number of sulfonamides is 1. The summed E-state index contributed by atoms with van der Waals surface area (Å²) >= 11 is 0. The lowest BCUT2D eigenvalue weighted by Crippen LogP contribution is -2.45. The molecule has 27 heavy (non-hydrogen) atoms. The summed E-state index contributed by atoms with van der Waals surface area (Å²) in [5, 5.41) is 2.97. The fourth-order valence-electron chi connectivity index (χ4n) is 3.81. The average Bonchev–Trinajstić information content (AvgIpc) is 3.16. The summed E-state index contributed by atoms with van der Waals surface area (Å²) in [5.41, 5.74) is 0.301. The number of carbonyl (C=O) groups is 2. The number of carbonyl (C=O) groups excluding carboxylic acids is 2. The zero-order valence-corrected chi connectivity index (χ0v) is 16.1. The Balaban J connectivity index is 1.45. The second-order valence-electron chi connectivity index (χ2n) is 7.73. The van der Waals surface area contributed by atoms with Crippen molar-refractivity contribution in [3.63, 3.8) is 0 Å². The van der Waals surface area contributed by atoms with Gasteiger partial charge in [-0.2, -0.15) is 4.31 Å². The SMILES string of the molecule is O=C(NC1CC1)[C@@H]1CCCN(S(=O)(=O)c2c[nH]c(C(=O)N3CCCC3)c2)C1. The topological polar surface area (TPSA) is 103 Å². The number of amides is 2. The van der Waals surface area contributed by atoms with E-state index < -0.39 is 10.0 Å². The lowest BCUT2D eigenvalue weighted by molar-refractivity contribution is -0.126. The monoisotopic (exact) mass is 394 g/mol. The van der Waals surface area contributed by atoms with Crippen LogP contribution in [0.25, 0.3) is 0 Å². The van der Waals surface area contributed by atoms with Crippen LogP contribution in [-0.2, 0) is 14.8 Å². The van der Waals surface area contributed by atoms with Crippen molar-refractivity contribution in [2.75, 3.05) is 26.2 Å². The number of rotatable bonds is 5. The van der Waals surface area contributed by atoms with Crippen LogP contribution in [0.3, 0.4) is 0 Å². The molecule has 2 amide bonds. The van der Waals surface area contributed by atoms with Gasteiger partial charge in [-0.25, -0.2) is 8.42 Å². The van der Waals surface area contributed by atoms with E-state index in [4.69, 9.17) is 0 Å². The molecule has 1 saturated carbocycles. The summed E-state index contributed by atoms with van der Waals surface area (Å²) in [6.07, 6.45) is 6.73. The first-order valence-electron chi connectivity index (χ1n) is 9.73. The number of hydrogen-bond donors (Lipinski definition) is 2. The van der Waals surface area contributed by atoms with E-state index in [0.717, 1.165) is 25.7 Å². The Kier molecular flexibility index (Phi) is 4.98. The van der Waals surface area contributed by atoms with Gasteiger partial charge in [0.15, 0.2) is 0 Å². The minimum Gasteiger partial charge on any atom is -0.356 e. The number of piperidine rings is 1. The zero-order valence-electron chi connectivity index (χ0n) is 15.3. The van der Waals surface area contributed by atoms with E-state index in [0.29, 0.717) is 38.2 Å². The van der Waals surface area contributed by atoms with Gasteiger partial charge in [0.2, 0.25) is 15.9 Å². The van der Waals surface area contributed by atoms with Crippen LogP contribution in [-0.4, -0.2) is 66.6 Å². The Hall–Kier alpha value is -1.87. The van der Waals surface area contributed by atoms with Crippen molar-refractivity contribution in [2.24, 2.45) is 5.92 Å². The number of nitrogens with one attached hydrogen (secondary N) is 2. The van der Waals surface area contributed by atoms with Crippen LogP contribution in [0, 0.1) is 5.92 Å². The first-order valence-corrected chi connectivity index (χ1v) is 11.2. The Bertz CT molecular complexity index is 824. The fourth-order valence-corrected chi connectivity index (χ4v) is 5.33. The molecule has 0 radical (unpaired) electrons. The predicted octanol–water partition coefficient (Wildman–Crippen LogP) is 0.930. The van der Waals surface area contributed by atoms with Crippen molar-refractivity contribution >= 4 is 21.8 Å². The molecule has 3 heterocycles. The molecule has 2 aliphatic heterocycles. The van der Waals surface area contributed by atoms with Crippen LogP contribution in [0.5, 0.6) is 0 Å². The van der Waals surface area contributed by atoms with Gasteiger partial charge in [0.1, 0.15) is 10.6 Å². The third-order valence-corrected chi connectivity index (χ3v) is 7.44. The predicted molar refractivity (Wildman–Crippen MR) is 98.6 cm³/mol. The molecule has 0 spiro atoms. The summed E-state index contributed by atoms with van der Waals surface area (Å²) < 4.78 is 27.4. The normalized spacial score (nSPS) is 24.1. The molecule has 4 rings (SSSR count). The molecule has 0 unspecified atom stereocenters. The summed E-state index contributed by atoms with van der Waals surface area (Å²) in [7, 11) is -3.73. The highest BCUT2D eigenvalue weighted by atomic mass is 32.2. The number of likely N-dealkylation sites (tertiary alicyclic amines) is 1. The van der Waals surface area contributed by atoms with Gasteiger partial charge in [0.25, 0.3) is 5.91 Å². The third-order valence-electron chi connectivity index (χ3n) is 5.60. The lowest BCUT2D eigenvalue weighted by Gasteiger charge is -2.30. The van der Waals surface area contributed by atoms with Crippen molar-refractivity contribution in [1.29, 1.82) is 0 Å². The number of nitrogens with zero attached hydrogens (tertiary/aromatic N) is 2. The second-order valence-corrected chi connectivity index (χ2v) is 9.67. The van der Waals surface area contributed by atoms with Crippen molar-refractivity contribution in [2.45, 2.75) is 49.5 Å². The van der Waals surface area contributed by atoms with Crippen LogP contribution in [0.4, 0.5) is 0 Å². The number of aromatic amines is 1. The smallest absolute Gasteiger partial charge is 0.270 e. The number of hydrogen-bond acceptors (Lipinski definition) is 4. The molecule has 1 aromatic rings. The average molecular weight is 394 g/mol. The highest BCUT2D eigenvalue weighted by molar-refractivity contribution is 7.89. The molecule has 0 aromatic carbocycles. The van der Waals surface area contributed by atoms with E-state index in [1.165, 1.54) is 16.6 Å². The van der Waals surface area contributed by atoms with Crippen molar-refractivity contribution < 1.29 is 18.0 Å². The fraction of sp³-hybridized carbons (Fsp3) is 0.667. The third kappa shape index (κ3) is 3.89. The molecule has 0 bridgehead atoms. The van der Waals surface area contributed by atoms with Gasteiger partial charge in [-0.15, -0.1) is 0 Å². The molecule has 148 valence electrons. The summed E-state index contributed by atoms with van der Waals surface area (Å²) in [6.45, 7) is 2.02. The quantitative estimate of drug-likeness (QED) is 0.775. The molecule has 3 aliphatic rings. The number of aromatic nitrogens is 1. The van der Waals surface area contributed by atoms with Crippen molar-refractivity contribution in [3.05, 3.63) is 18.0 Å². The minimum atomic E-state index is -3.73. The van der Waals surface area contributed by atoms with Crippen molar-refractivity contribution in [3.8, 4) is 0 Å². The zero-order chi connectivity index (χ0) is 19.0. The van der Waals surface area contributed by atoms with Gasteiger partial charge in [-0.1, -0.05) is 0 Å². The molecule has 2 saturated heterocycles. The highest BCUT2D eigenvalue weighted by Gasteiger charge is 2.36. The van der Waals surface area contributed by atoms with Crippen LogP contribution in [0.2, 0.25) is 0 Å². The second kappa shape index (κ2) is 7.27. The molecule has 1 aliphatic carbocycles. The van der Waals surface area contributed by atoms with Crippen molar-refractivity contribution in [1.82, 2.24) is 19.5 Å². The summed E-state index contributed by atoms with van der Waals surface area (Å²) in [4.78, 5) is 29.4. The van der Waals surface area contributed by atoms with Crippen LogP contribution >= 0.6 is 0 Å². The van der Waals surface area contributed by atoms with Crippen LogP contribution in [0.1, 0.15) is 49.0 Å². The largest absolute Gasteiger partial charge is 0.356 e. The van der Waals surface area contributed by atoms with E-state index in [2.05, 4.69) is 10.3 Å². The molecule has 1 aromatic heterocycles. The number of H-pyrrole nitrogens is 1. The van der Waals surface area contributed by atoms with Gasteiger partial charge in [-0.05, 0) is 44.6 Å². The van der Waals surface area contributed by atoms with Gasteiger partial charge in [0, 0.05) is 38.4 Å². The minimum absolute atomic E-state index is 0.0450. The van der Waals surface area contributed by atoms with E-state index in [1.54, 1.807) is 4.90 Å². The van der Waals surface area contributed by atoms with Gasteiger partial charge < -0.3 is 15.2 Å². The Morgan fingerprint density at radius 2 is 1.81 bits per heavy atom. The first kappa shape index (κ1) is 18.5. The van der Waals surface area contributed by atoms with Gasteiger partial charge >= 0.3 is 0 Å². The highest BCUT2D eigenvalue weighted by Crippen LogP contribution is 2.26. The maximum atomic E-state index is 13.0. The van der Waals surface area contributed by atoms with E-state index >= 15 is 0 Å². The van der Waals surface area contributed by atoms with E-state index in [1.807, 2.05) is 0 Å². The Morgan fingerprint density at radius 3 is 2.52 bits per heavy atom. The molecular formula is C18H26N4O4S. The Labute approximate surface area is 159 Å². The molecule has 8 nitrogen and oxygen atoms in total. The summed E-state index contributed by atoms with van der Waals surface area (Å²) in [6, 6.07) is 1.69. The molecule has 9 heteroatoms. The summed E-state index contributed by atoms with van der Waals surface area (Å²) in [5.74, 6) is -0.510. The maximum Gasteiger partial charge on any atom is 0.270 e. The first-order chi connectivity index (χ1) is 12.9. The lowest BCUT2D eigenvalue weighted by atomic mass is 9.99. The molecule has 1 atom stereocenters. The maximum absolute atomic E-state index is 13.0. The Morgan fingerprint density at radius 1 is 1.07 bits per heavy atom. The van der Waals surface area contributed by atoms with E-state index in [-0.39, 0.29) is 35.2 Å². The van der Waals surface area contributed by atoms with Gasteiger partial charge in [-0.3, -0.25) is 9.59 Å². The molecule has 2 N–H and O–H groups in total. The van der Waals surface area contributed by atoms with Gasteiger partial charge in [0.05, 0.1) is 5.92 Å². The van der Waals surface area contributed by atoms with E-state index in [9.17, 15) is 18.0 Å². The molecular weight excluding hydrogens is 368 g/mol. The van der Waals surface area contributed by atoms with Crippen LogP contribution in [0.15, 0.2) is 17.2 Å².